The number of aromatic nitrogens is 1. The maximum Gasteiger partial charge on any atom is 0.224 e. The SMILES string of the molecule is CC(=O)N(C)[C@H]1CC[C@H](CC(=O)Nc2cnc(-c3ccc([C@]4(N)C[C@@H](O)C4)cc3)c(-c3ccccc3)c2)CC1. The van der Waals surface area contributed by atoms with Crippen molar-refractivity contribution in [3.63, 3.8) is 0 Å². The Balaban J connectivity index is 1.30. The van der Waals surface area contributed by atoms with Gasteiger partial charge in [-0.25, -0.2) is 0 Å². The van der Waals surface area contributed by atoms with Crippen LogP contribution in [0.2, 0.25) is 0 Å². The van der Waals surface area contributed by atoms with E-state index in [-0.39, 0.29) is 24.0 Å². The van der Waals surface area contributed by atoms with E-state index < -0.39 is 5.54 Å². The molecule has 2 saturated carbocycles. The minimum Gasteiger partial charge on any atom is -0.393 e. The second-order valence-electron chi connectivity index (χ2n) is 11.3. The van der Waals surface area contributed by atoms with E-state index in [1.165, 1.54) is 0 Å². The number of rotatable bonds is 7. The lowest BCUT2D eigenvalue weighted by Crippen LogP contribution is -2.51. The highest BCUT2D eigenvalue weighted by Crippen LogP contribution is 2.40. The number of nitrogens with two attached hydrogens (primary N) is 1. The summed E-state index contributed by atoms with van der Waals surface area (Å²) in [5.74, 6) is 0.412. The Morgan fingerprint density at radius 1 is 1.03 bits per heavy atom. The van der Waals surface area contributed by atoms with Crippen molar-refractivity contribution in [2.45, 2.75) is 69.6 Å². The van der Waals surface area contributed by atoms with Gasteiger partial charge in [0.15, 0.2) is 0 Å². The molecule has 0 unspecified atom stereocenters. The summed E-state index contributed by atoms with van der Waals surface area (Å²) >= 11 is 0. The molecular weight excluding hydrogens is 488 g/mol. The van der Waals surface area contributed by atoms with Crippen molar-refractivity contribution in [1.29, 1.82) is 0 Å². The number of carbonyl (C=O) groups excluding carboxylic acids is 2. The summed E-state index contributed by atoms with van der Waals surface area (Å²) in [6.07, 6.45) is 6.78. The van der Waals surface area contributed by atoms with Crippen molar-refractivity contribution in [2.24, 2.45) is 11.7 Å². The molecule has 3 aromatic rings. The third kappa shape index (κ3) is 6.05. The van der Waals surface area contributed by atoms with E-state index in [0.29, 0.717) is 30.9 Å². The number of anilines is 1. The predicted molar refractivity (Wildman–Crippen MR) is 154 cm³/mol. The number of hydrogen-bond donors (Lipinski definition) is 3. The van der Waals surface area contributed by atoms with E-state index in [2.05, 4.69) is 5.32 Å². The summed E-state index contributed by atoms with van der Waals surface area (Å²) in [5.41, 5.74) is 11.4. The first kappa shape index (κ1) is 27.0. The molecular formula is C32H38N4O3. The highest BCUT2D eigenvalue weighted by molar-refractivity contribution is 5.93. The number of nitrogens with one attached hydrogen (secondary N) is 1. The van der Waals surface area contributed by atoms with Crippen LogP contribution in [0.5, 0.6) is 0 Å². The maximum atomic E-state index is 13.0. The lowest BCUT2D eigenvalue weighted by atomic mass is 9.70. The van der Waals surface area contributed by atoms with Crippen LogP contribution in [0, 0.1) is 5.92 Å². The van der Waals surface area contributed by atoms with Gasteiger partial charge in [-0.15, -0.1) is 0 Å². The van der Waals surface area contributed by atoms with Gasteiger partial charge in [-0.1, -0.05) is 54.6 Å². The molecule has 4 N–H and O–H groups in total. The van der Waals surface area contributed by atoms with Crippen molar-refractivity contribution >= 4 is 17.5 Å². The van der Waals surface area contributed by atoms with Crippen molar-refractivity contribution in [3.05, 3.63) is 72.4 Å². The number of benzene rings is 2. The zero-order valence-corrected chi connectivity index (χ0v) is 22.8. The van der Waals surface area contributed by atoms with Crippen LogP contribution in [-0.2, 0) is 15.1 Å². The lowest BCUT2D eigenvalue weighted by Gasteiger charge is -2.42. The van der Waals surface area contributed by atoms with Gasteiger partial charge in [0.1, 0.15) is 0 Å². The summed E-state index contributed by atoms with van der Waals surface area (Å²) in [7, 11) is 1.86. The van der Waals surface area contributed by atoms with Crippen LogP contribution in [0.15, 0.2) is 66.9 Å². The fourth-order valence-corrected chi connectivity index (χ4v) is 6.05. The lowest BCUT2D eigenvalue weighted by molar-refractivity contribution is -0.130. The standard InChI is InChI=1S/C32H38N4O3/c1-21(37)36(2)27-14-8-22(9-15-27)16-30(39)35-26-17-29(23-6-4-3-5-7-23)31(34-20-26)24-10-12-25(13-11-24)32(33)18-28(38)19-32/h3-7,10-13,17,20,22,27-28,38H,8-9,14-16,18-19,33H2,1-2H3,(H,35,39)/t22-,27-,28-,32+. The molecule has 39 heavy (non-hydrogen) atoms. The number of amides is 2. The Morgan fingerprint density at radius 3 is 2.31 bits per heavy atom. The molecule has 2 aliphatic rings. The van der Waals surface area contributed by atoms with Crippen LogP contribution < -0.4 is 11.1 Å². The average molecular weight is 527 g/mol. The van der Waals surface area contributed by atoms with Crippen LogP contribution in [-0.4, -0.2) is 46.0 Å². The topological polar surface area (TPSA) is 109 Å². The molecule has 2 fully saturated rings. The molecule has 2 aliphatic carbocycles. The predicted octanol–water partition coefficient (Wildman–Crippen LogP) is 5.09. The Morgan fingerprint density at radius 2 is 1.69 bits per heavy atom. The molecule has 0 aliphatic heterocycles. The molecule has 0 bridgehead atoms. The van der Waals surface area contributed by atoms with Crippen LogP contribution in [0.4, 0.5) is 5.69 Å². The molecule has 0 saturated heterocycles. The number of hydrogen-bond acceptors (Lipinski definition) is 5. The van der Waals surface area contributed by atoms with Gasteiger partial charge in [-0.3, -0.25) is 14.6 Å². The smallest absolute Gasteiger partial charge is 0.224 e. The van der Waals surface area contributed by atoms with Gasteiger partial charge in [0, 0.05) is 43.1 Å². The summed E-state index contributed by atoms with van der Waals surface area (Å²) in [6, 6.07) is 20.4. The van der Waals surface area contributed by atoms with Gasteiger partial charge in [0.2, 0.25) is 11.8 Å². The molecule has 2 aromatic carbocycles. The van der Waals surface area contributed by atoms with Crippen LogP contribution in [0.3, 0.4) is 0 Å². The van der Waals surface area contributed by atoms with Gasteiger partial charge in [-0.2, -0.15) is 0 Å². The third-order valence-corrected chi connectivity index (χ3v) is 8.52. The molecule has 5 rings (SSSR count). The normalized spacial score (nSPS) is 24.5. The monoisotopic (exact) mass is 526 g/mol. The summed E-state index contributed by atoms with van der Waals surface area (Å²) in [6.45, 7) is 1.61. The summed E-state index contributed by atoms with van der Waals surface area (Å²) in [4.78, 5) is 31.2. The first-order valence-electron chi connectivity index (χ1n) is 13.9. The van der Waals surface area contributed by atoms with E-state index in [4.69, 9.17) is 10.7 Å². The highest BCUT2D eigenvalue weighted by Gasteiger charge is 2.41. The van der Waals surface area contributed by atoms with Gasteiger partial charge in [-0.05, 0) is 61.6 Å². The van der Waals surface area contributed by atoms with Gasteiger partial charge >= 0.3 is 0 Å². The minimum atomic E-state index is -0.468. The molecule has 7 heteroatoms. The van der Waals surface area contributed by atoms with E-state index >= 15 is 0 Å². The van der Waals surface area contributed by atoms with Gasteiger partial charge in [0.25, 0.3) is 0 Å². The molecule has 0 atom stereocenters. The summed E-state index contributed by atoms with van der Waals surface area (Å²) in [5, 5.41) is 12.8. The maximum absolute atomic E-state index is 13.0. The second kappa shape index (κ2) is 11.3. The number of aliphatic hydroxyl groups excluding tert-OH is 1. The third-order valence-electron chi connectivity index (χ3n) is 8.52. The van der Waals surface area contributed by atoms with Crippen LogP contribution in [0.25, 0.3) is 22.4 Å². The second-order valence-corrected chi connectivity index (χ2v) is 11.3. The number of carbonyl (C=O) groups is 2. The molecule has 204 valence electrons. The molecule has 1 heterocycles. The Labute approximate surface area is 230 Å². The molecule has 1 aromatic heterocycles. The fraction of sp³-hybridized carbons (Fsp3) is 0.406. The Kier molecular flexibility index (Phi) is 7.82. The van der Waals surface area contributed by atoms with Gasteiger partial charge < -0.3 is 21.1 Å². The van der Waals surface area contributed by atoms with E-state index in [1.54, 1.807) is 13.1 Å². The zero-order valence-electron chi connectivity index (χ0n) is 22.8. The Bertz CT molecular complexity index is 1310. The van der Waals surface area contributed by atoms with Crippen LogP contribution in [0.1, 0.15) is 57.4 Å². The molecule has 7 nitrogen and oxygen atoms in total. The molecule has 0 radical (unpaired) electrons. The van der Waals surface area contributed by atoms with E-state index in [9.17, 15) is 14.7 Å². The average Bonchev–Trinajstić information content (AvgIpc) is 2.93. The quantitative estimate of drug-likeness (QED) is 0.397. The fourth-order valence-electron chi connectivity index (χ4n) is 6.05. The Hall–Kier alpha value is -3.55. The minimum absolute atomic E-state index is 0.00721. The van der Waals surface area contributed by atoms with Gasteiger partial charge in [0.05, 0.1) is 23.7 Å². The van der Waals surface area contributed by atoms with Crippen molar-refractivity contribution < 1.29 is 14.7 Å². The molecule has 0 spiro atoms. The van der Waals surface area contributed by atoms with E-state index in [0.717, 1.165) is 53.6 Å². The van der Waals surface area contributed by atoms with E-state index in [1.807, 2.05) is 72.6 Å². The van der Waals surface area contributed by atoms with Crippen LogP contribution >= 0.6 is 0 Å². The van der Waals surface area contributed by atoms with Crippen molar-refractivity contribution in [2.75, 3.05) is 12.4 Å². The number of nitrogens with zero attached hydrogens (tertiary/aromatic N) is 2. The highest BCUT2D eigenvalue weighted by atomic mass is 16.3. The first-order valence-corrected chi connectivity index (χ1v) is 13.9. The van der Waals surface area contributed by atoms with Crippen molar-refractivity contribution in [3.8, 4) is 22.4 Å². The first-order chi connectivity index (χ1) is 18.7. The zero-order chi connectivity index (χ0) is 27.6. The molecule has 2 amide bonds. The number of pyridine rings is 1. The largest absolute Gasteiger partial charge is 0.393 e. The number of aliphatic hydroxyl groups is 1. The van der Waals surface area contributed by atoms with Crippen molar-refractivity contribution in [1.82, 2.24) is 9.88 Å². The summed E-state index contributed by atoms with van der Waals surface area (Å²) < 4.78 is 0.